The van der Waals surface area contributed by atoms with E-state index in [-0.39, 0.29) is 24.0 Å². The molecule has 0 saturated heterocycles. The van der Waals surface area contributed by atoms with Gasteiger partial charge in [-0.2, -0.15) is 0 Å². The van der Waals surface area contributed by atoms with Gasteiger partial charge in [0.2, 0.25) is 5.88 Å². The Balaban J connectivity index is 1.69. The molecule has 3 heterocycles. The zero-order chi connectivity index (χ0) is 23.8. The minimum absolute atomic E-state index is 0.241. The fraction of sp³-hybridized carbons (Fsp3) is 0.280. The number of fused-ring (bicyclic) bond motifs is 2. The van der Waals surface area contributed by atoms with Crippen LogP contribution in [0.2, 0.25) is 0 Å². The van der Waals surface area contributed by atoms with Crippen LogP contribution in [0, 0.1) is 5.92 Å². The third-order valence-electron chi connectivity index (χ3n) is 6.00. The third-order valence-corrected chi connectivity index (χ3v) is 7.92. The maximum atomic E-state index is 13.1. The van der Waals surface area contributed by atoms with Crippen molar-refractivity contribution >= 4 is 50.6 Å². The fourth-order valence-corrected chi connectivity index (χ4v) is 6.34. The van der Waals surface area contributed by atoms with E-state index in [1.807, 2.05) is 6.07 Å². The van der Waals surface area contributed by atoms with E-state index in [1.165, 1.54) is 33.5 Å². The summed E-state index contributed by atoms with van der Waals surface area (Å²) in [5.74, 6) is -0.0635. The maximum Gasteiger partial charge on any atom is 0.341 e. The molecule has 0 amide bonds. The quantitative estimate of drug-likeness (QED) is 0.302. The summed E-state index contributed by atoms with van der Waals surface area (Å²) in [7, 11) is 0. The molecule has 1 atom stereocenters. The summed E-state index contributed by atoms with van der Waals surface area (Å²) in [4.78, 5) is 36.0. The zero-order valence-corrected chi connectivity index (χ0v) is 20.4. The Labute approximate surface area is 204 Å². The van der Waals surface area contributed by atoms with Crippen LogP contribution in [0.4, 0.5) is 5.00 Å². The van der Waals surface area contributed by atoms with Crippen LogP contribution in [0.15, 0.2) is 45.6 Å². The number of carbonyl (C=O) groups is 1. The number of thiazole rings is 1. The van der Waals surface area contributed by atoms with E-state index in [1.54, 1.807) is 36.7 Å². The number of nitrogens with zero attached hydrogens (tertiary/aromatic N) is 3. The molecule has 9 heteroatoms. The molecule has 1 aliphatic carbocycles. The van der Waals surface area contributed by atoms with Crippen LogP contribution >= 0.6 is 22.7 Å². The Morgan fingerprint density at radius 2 is 2.15 bits per heavy atom. The average Bonchev–Trinajstić information content (AvgIpc) is 3.47. The average molecular weight is 494 g/mol. The highest BCUT2D eigenvalue weighted by atomic mass is 32.1. The van der Waals surface area contributed by atoms with Gasteiger partial charge >= 0.3 is 5.97 Å². The van der Waals surface area contributed by atoms with Crippen molar-refractivity contribution in [2.24, 2.45) is 10.9 Å². The summed E-state index contributed by atoms with van der Waals surface area (Å²) in [6, 6.07) is 7.08. The number of aromatic nitrogens is 2. The third kappa shape index (κ3) is 3.84. The smallest absolute Gasteiger partial charge is 0.341 e. The highest BCUT2D eigenvalue weighted by Crippen LogP contribution is 2.42. The first-order valence-electron chi connectivity index (χ1n) is 11.1. The number of esters is 1. The van der Waals surface area contributed by atoms with Crippen molar-refractivity contribution in [1.82, 2.24) is 9.55 Å². The monoisotopic (exact) mass is 493 g/mol. The van der Waals surface area contributed by atoms with Gasteiger partial charge in [0, 0.05) is 33.4 Å². The van der Waals surface area contributed by atoms with E-state index in [9.17, 15) is 14.7 Å². The van der Waals surface area contributed by atoms with Gasteiger partial charge in [0.15, 0.2) is 5.13 Å². The first-order valence-corrected chi connectivity index (χ1v) is 12.8. The molecular formula is C25H23N3O4S2. The number of carbonyl (C=O) groups excluding carboxylic acids is 1. The van der Waals surface area contributed by atoms with Crippen molar-refractivity contribution in [1.29, 1.82) is 0 Å². The lowest BCUT2D eigenvalue weighted by Gasteiger charge is -2.18. The van der Waals surface area contributed by atoms with Crippen LogP contribution in [-0.4, -0.2) is 33.4 Å². The maximum absolute atomic E-state index is 13.1. The van der Waals surface area contributed by atoms with Crippen LogP contribution in [0.3, 0.4) is 0 Å². The van der Waals surface area contributed by atoms with Gasteiger partial charge in [-0.1, -0.05) is 25.1 Å². The highest BCUT2D eigenvalue weighted by molar-refractivity contribution is 7.16. The topological polar surface area (TPSA) is 93.8 Å². The standard InChI is InChI=1S/C25H23N3O4S2/c1-3-32-24(31)20-17-9-8-14(2)12-19(17)34-21(20)27-13-18-15-6-4-5-7-16(15)22(29)28(23(18)30)25-26-10-11-33-25/h4-7,10-11,13-14,30H,3,8-9,12H2,1-2H3/b27-13+/t14-/m0/s1. The van der Waals surface area contributed by atoms with Gasteiger partial charge in [-0.3, -0.25) is 4.79 Å². The Morgan fingerprint density at radius 1 is 1.35 bits per heavy atom. The summed E-state index contributed by atoms with van der Waals surface area (Å²) in [6.07, 6.45) is 5.86. The molecule has 0 radical (unpaired) electrons. The molecule has 1 N–H and O–H groups in total. The van der Waals surface area contributed by atoms with Crippen LogP contribution in [0.25, 0.3) is 15.9 Å². The number of aromatic hydroxyl groups is 1. The second-order valence-corrected chi connectivity index (χ2v) is 10.2. The van der Waals surface area contributed by atoms with E-state index in [4.69, 9.17) is 4.74 Å². The van der Waals surface area contributed by atoms with Crippen LogP contribution in [0.5, 0.6) is 5.88 Å². The molecule has 174 valence electrons. The highest BCUT2D eigenvalue weighted by Gasteiger charge is 2.28. The lowest BCUT2D eigenvalue weighted by atomic mass is 9.88. The normalized spacial score (nSPS) is 15.6. The molecule has 0 saturated carbocycles. The molecule has 0 unspecified atom stereocenters. The van der Waals surface area contributed by atoms with Crippen molar-refractivity contribution in [3.8, 4) is 11.0 Å². The molecule has 0 bridgehead atoms. The van der Waals surface area contributed by atoms with Crippen molar-refractivity contribution in [2.45, 2.75) is 33.1 Å². The van der Waals surface area contributed by atoms with Gasteiger partial charge in [-0.25, -0.2) is 19.3 Å². The summed E-state index contributed by atoms with van der Waals surface area (Å²) in [5.41, 5.74) is 1.57. The van der Waals surface area contributed by atoms with Crippen LogP contribution in [-0.2, 0) is 17.6 Å². The van der Waals surface area contributed by atoms with E-state index in [0.29, 0.717) is 37.9 Å². The lowest BCUT2D eigenvalue weighted by Crippen LogP contribution is -2.19. The molecule has 0 aliphatic heterocycles. The van der Waals surface area contributed by atoms with Crippen molar-refractivity contribution < 1.29 is 14.6 Å². The molecule has 4 aromatic rings. The number of pyridine rings is 1. The SMILES string of the molecule is CCOC(=O)c1c(/N=C/c2c(O)n(-c3nccs3)c(=O)c3ccccc23)sc2c1CC[C@H](C)C2. The van der Waals surface area contributed by atoms with Crippen molar-refractivity contribution in [2.75, 3.05) is 6.61 Å². The number of hydrogen-bond acceptors (Lipinski definition) is 8. The Morgan fingerprint density at radius 3 is 2.88 bits per heavy atom. The Bertz CT molecular complexity index is 1470. The number of aliphatic imine (C=N–C) groups is 1. The van der Waals surface area contributed by atoms with Gasteiger partial charge in [0.1, 0.15) is 5.00 Å². The summed E-state index contributed by atoms with van der Waals surface area (Å²) >= 11 is 2.75. The van der Waals surface area contributed by atoms with Gasteiger partial charge < -0.3 is 9.84 Å². The van der Waals surface area contributed by atoms with E-state index < -0.39 is 0 Å². The second kappa shape index (κ2) is 9.15. The summed E-state index contributed by atoms with van der Waals surface area (Å²) < 4.78 is 6.54. The van der Waals surface area contributed by atoms with E-state index in [0.717, 1.165) is 29.7 Å². The predicted molar refractivity (Wildman–Crippen MR) is 136 cm³/mol. The van der Waals surface area contributed by atoms with Gasteiger partial charge in [0.05, 0.1) is 17.7 Å². The van der Waals surface area contributed by atoms with E-state index >= 15 is 0 Å². The van der Waals surface area contributed by atoms with Crippen LogP contribution < -0.4 is 5.56 Å². The molecule has 3 aromatic heterocycles. The molecule has 1 aromatic carbocycles. The van der Waals surface area contributed by atoms with Gasteiger partial charge in [-0.15, -0.1) is 22.7 Å². The Hall–Kier alpha value is -3.30. The van der Waals surface area contributed by atoms with E-state index in [2.05, 4.69) is 16.9 Å². The van der Waals surface area contributed by atoms with Gasteiger partial charge in [0.25, 0.3) is 5.56 Å². The molecule has 0 spiro atoms. The zero-order valence-electron chi connectivity index (χ0n) is 18.8. The Kier molecular flexibility index (Phi) is 6.05. The number of rotatable bonds is 5. The van der Waals surface area contributed by atoms with Gasteiger partial charge in [-0.05, 0) is 43.7 Å². The van der Waals surface area contributed by atoms with Crippen molar-refractivity contribution in [3.05, 3.63) is 67.8 Å². The molecular weight excluding hydrogens is 470 g/mol. The minimum atomic E-state index is -0.372. The van der Waals surface area contributed by atoms with Crippen molar-refractivity contribution in [3.63, 3.8) is 0 Å². The first kappa shape index (κ1) is 22.5. The number of benzene rings is 1. The number of hydrogen-bond donors (Lipinski definition) is 1. The predicted octanol–water partition coefficient (Wildman–Crippen LogP) is 5.27. The fourth-order valence-electron chi connectivity index (χ4n) is 4.36. The lowest BCUT2D eigenvalue weighted by molar-refractivity contribution is 0.0526. The summed E-state index contributed by atoms with van der Waals surface area (Å²) in [6.45, 7) is 4.28. The largest absolute Gasteiger partial charge is 0.494 e. The number of ether oxygens (including phenoxy) is 1. The molecule has 7 nitrogen and oxygen atoms in total. The molecule has 5 rings (SSSR count). The first-order chi connectivity index (χ1) is 16.5. The molecule has 34 heavy (non-hydrogen) atoms. The second-order valence-electron chi connectivity index (χ2n) is 8.25. The number of thiophene rings is 1. The molecule has 1 aliphatic rings. The minimum Gasteiger partial charge on any atom is -0.494 e. The van der Waals surface area contributed by atoms with Crippen LogP contribution in [0.1, 0.15) is 46.6 Å². The molecule has 0 fully saturated rings. The summed E-state index contributed by atoms with van der Waals surface area (Å²) in [5, 5.41) is 14.8.